The van der Waals surface area contributed by atoms with Gasteiger partial charge < -0.3 is 5.32 Å². The molecule has 0 saturated heterocycles. The molecule has 2 rings (SSSR count). The van der Waals surface area contributed by atoms with E-state index in [4.69, 9.17) is 0 Å². The number of benzene rings is 1. The predicted molar refractivity (Wildman–Crippen MR) is 78.5 cm³/mol. The fraction of sp³-hybridized carbons (Fsp3) is 0.167. The number of non-ortho nitro benzene ring substituents is 1. The SMILES string of the molecule is CC(=O)CNc1ncc(Sc2ccc([N+](=O)[O-])cc2)s1. The highest BCUT2D eigenvalue weighted by Crippen LogP contribution is 2.34. The minimum Gasteiger partial charge on any atom is -0.354 e. The number of nitro benzene ring substituents is 1. The van der Waals surface area contributed by atoms with Crippen LogP contribution in [0.2, 0.25) is 0 Å². The molecule has 1 aromatic heterocycles. The van der Waals surface area contributed by atoms with Crippen molar-refractivity contribution < 1.29 is 9.72 Å². The summed E-state index contributed by atoms with van der Waals surface area (Å²) in [6, 6.07) is 6.34. The molecule has 0 unspecified atom stereocenters. The number of carbonyl (C=O) groups excluding carboxylic acids is 1. The largest absolute Gasteiger partial charge is 0.354 e. The summed E-state index contributed by atoms with van der Waals surface area (Å²) in [5.41, 5.74) is 0.0717. The Morgan fingerprint density at radius 3 is 2.75 bits per heavy atom. The summed E-state index contributed by atoms with van der Waals surface area (Å²) >= 11 is 2.91. The van der Waals surface area contributed by atoms with Crippen molar-refractivity contribution in [1.29, 1.82) is 0 Å². The van der Waals surface area contributed by atoms with Gasteiger partial charge in [0.15, 0.2) is 5.13 Å². The molecule has 0 fully saturated rings. The van der Waals surface area contributed by atoms with Crippen LogP contribution in [0.5, 0.6) is 0 Å². The van der Waals surface area contributed by atoms with Gasteiger partial charge in [-0.2, -0.15) is 0 Å². The van der Waals surface area contributed by atoms with Crippen LogP contribution in [0.1, 0.15) is 6.92 Å². The molecule has 2 aromatic rings. The van der Waals surface area contributed by atoms with Crippen molar-refractivity contribution in [2.24, 2.45) is 0 Å². The molecule has 8 heteroatoms. The monoisotopic (exact) mass is 309 g/mol. The maximum absolute atomic E-state index is 10.9. The molecule has 0 aliphatic heterocycles. The Bertz CT molecular complexity index is 625. The van der Waals surface area contributed by atoms with Crippen LogP contribution in [0.25, 0.3) is 0 Å². The van der Waals surface area contributed by atoms with E-state index in [2.05, 4.69) is 10.3 Å². The van der Waals surface area contributed by atoms with E-state index >= 15 is 0 Å². The summed E-state index contributed by atoms with van der Waals surface area (Å²) < 4.78 is 0.949. The highest BCUT2D eigenvalue weighted by atomic mass is 32.2. The lowest BCUT2D eigenvalue weighted by Gasteiger charge is -1.98. The summed E-state index contributed by atoms with van der Waals surface area (Å²) in [4.78, 5) is 26.0. The van der Waals surface area contributed by atoms with Gasteiger partial charge in [-0.15, -0.1) is 0 Å². The average Bonchev–Trinajstić information content (AvgIpc) is 2.84. The Morgan fingerprint density at radius 2 is 2.15 bits per heavy atom. The third kappa shape index (κ3) is 4.04. The van der Waals surface area contributed by atoms with E-state index in [0.29, 0.717) is 5.13 Å². The van der Waals surface area contributed by atoms with Crippen molar-refractivity contribution in [1.82, 2.24) is 4.98 Å². The van der Waals surface area contributed by atoms with Crippen LogP contribution < -0.4 is 5.32 Å². The Morgan fingerprint density at radius 1 is 1.45 bits per heavy atom. The lowest BCUT2D eigenvalue weighted by atomic mass is 10.3. The second-order valence-corrected chi connectivity index (χ2v) is 6.30. The van der Waals surface area contributed by atoms with Crippen molar-refractivity contribution >= 4 is 39.7 Å². The first-order valence-electron chi connectivity index (χ1n) is 5.66. The number of Topliss-reactive ketones (excluding diaryl/α,β-unsaturated/α-hetero) is 1. The molecule has 0 bridgehead atoms. The summed E-state index contributed by atoms with van der Waals surface area (Å²) in [5, 5.41) is 14.2. The standard InChI is InChI=1S/C12H11N3O3S2/c1-8(16)6-13-12-14-7-11(20-12)19-10-4-2-9(3-5-10)15(17)18/h2-5,7H,6H2,1H3,(H,13,14). The number of ketones is 1. The first kappa shape index (κ1) is 14.5. The van der Waals surface area contributed by atoms with Gasteiger partial charge >= 0.3 is 0 Å². The molecular weight excluding hydrogens is 298 g/mol. The van der Waals surface area contributed by atoms with Crippen molar-refractivity contribution in [3.63, 3.8) is 0 Å². The van der Waals surface area contributed by atoms with E-state index in [1.165, 1.54) is 42.2 Å². The third-order valence-corrected chi connectivity index (χ3v) is 4.30. The molecule has 104 valence electrons. The van der Waals surface area contributed by atoms with Crippen LogP contribution in [-0.4, -0.2) is 22.2 Å². The Hall–Kier alpha value is -1.93. The number of rotatable bonds is 6. The van der Waals surface area contributed by atoms with Crippen LogP contribution in [-0.2, 0) is 4.79 Å². The maximum Gasteiger partial charge on any atom is 0.269 e. The first-order valence-corrected chi connectivity index (χ1v) is 7.29. The van der Waals surface area contributed by atoms with Crippen LogP contribution in [0.3, 0.4) is 0 Å². The lowest BCUT2D eigenvalue weighted by Crippen LogP contribution is -2.09. The third-order valence-electron chi connectivity index (χ3n) is 2.24. The molecule has 6 nitrogen and oxygen atoms in total. The summed E-state index contributed by atoms with van der Waals surface area (Å²) in [7, 11) is 0. The molecule has 0 spiro atoms. The normalized spacial score (nSPS) is 10.2. The lowest BCUT2D eigenvalue weighted by molar-refractivity contribution is -0.384. The van der Waals surface area contributed by atoms with Crippen LogP contribution in [0.15, 0.2) is 39.6 Å². The minimum absolute atomic E-state index is 0.0461. The number of thiazole rings is 1. The maximum atomic E-state index is 10.9. The number of carbonyl (C=O) groups is 1. The van der Waals surface area contributed by atoms with E-state index in [1.54, 1.807) is 18.3 Å². The summed E-state index contributed by atoms with van der Waals surface area (Å²) in [6.45, 7) is 1.77. The quantitative estimate of drug-likeness (QED) is 0.651. The van der Waals surface area contributed by atoms with Crippen molar-refractivity contribution in [2.45, 2.75) is 16.0 Å². The van der Waals surface area contributed by atoms with E-state index in [9.17, 15) is 14.9 Å². The number of hydrogen-bond donors (Lipinski definition) is 1. The number of hydrogen-bond acceptors (Lipinski definition) is 7. The molecule has 1 aromatic carbocycles. The molecule has 0 saturated carbocycles. The van der Waals surface area contributed by atoms with Crippen molar-refractivity contribution in [3.8, 4) is 0 Å². The number of nitro groups is 1. The van der Waals surface area contributed by atoms with Crippen molar-refractivity contribution in [3.05, 3.63) is 40.6 Å². The Kier molecular flexibility index (Phi) is 4.70. The van der Waals surface area contributed by atoms with Gasteiger partial charge in [-0.3, -0.25) is 14.9 Å². The highest BCUT2D eigenvalue weighted by molar-refractivity contribution is 8.01. The van der Waals surface area contributed by atoms with E-state index in [0.717, 1.165) is 9.10 Å². The minimum atomic E-state index is -0.426. The van der Waals surface area contributed by atoms with Crippen LogP contribution in [0.4, 0.5) is 10.8 Å². The van der Waals surface area contributed by atoms with Gasteiger partial charge in [-0.05, 0) is 19.1 Å². The first-order chi connectivity index (χ1) is 9.54. The zero-order chi connectivity index (χ0) is 14.5. The smallest absolute Gasteiger partial charge is 0.269 e. The zero-order valence-corrected chi connectivity index (χ0v) is 12.2. The van der Waals surface area contributed by atoms with Gasteiger partial charge in [-0.25, -0.2) is 4.98 Å². The van der Waals surface area contributed by atoms with Gasteiger partial charge in [0.1, 0.15) is 5.78 Å². The number of nitrogens with one attached hydrogen (secondary N) is 1. The molecule has 0 aliphatic carbocycles. The Labute approximate surface area is 123 Å². The Balaban J connectivity index is 1.99. The topological polar surface area (TPSA) is 85.1 Å². The van der Waals surface area contributed by atoms with Gasteiger partial charge in [0, 0.05) is 17.0 Å². The fourth-order valence-corrected chi connectivity index (χ4v) is 3.19. The molecule has 0 amide bonds. The second-order valence-electron chi connectivity index (χ2n) is 3.89. The van der Waals surface area contributed by atoms with Crippen LogP contribution in [0, 0.1) is 10.1 Å². The van der Waals surface area contributed by atoms with E-state index < -0.39 is 4.92 Å². The summed E-state index contributed by atoms with van der Waals surface area (Å²) in [6.07, 6.45) is 1.71. The number of nitrogens with zero attached hydrogens (tertiary/aromatic N) is 2. The second kappa shape index (κ2) is 6.49. The molecule has 1 N–H and O–H groups in total. The van der Waals surface area contributed by atoms with E-state index in [1.807, 2.05) is 0 Å². The zero-order valence-electron chi connectivity index (χ0n) is 10.5. The predicted octanol–water partition coefficient (Wildman–Crippen LogP) is 3.20. The van der Waals surface area contributed by atoms with Crippen molar-refractivity contribution in [2.75, 3.05) is 11.9 Å². The molecule has 0 radical (unpaired) electrons. The van der Waals surface area contributed by atoms with Gasteiger partial charge in [0.2, 0.25) is 0 Å². The van der Waals surface area contributed by atoms with Gasteiger partial charge in [-0.1, -0.05) is 23.1 Å². The van der Waals surface area contributed by atoms with E-state index in [-0.39, 0.29) is 18.0 Å². The van der Waals surface area contributed by atoms with Gasteiger partial charge in [0.25, 0.3) is 5.69 Å². The van der Waals surface area contributed by atoms with Gasteiger partial charge in [0.05, 0.1) is 21.9 Å². The fourth-order valence-electron chi connectivity index (χ4n) is 1.34. The molecule has 0 atom stereocenters. The molecular formula is C12H11N3O3S2. The molecule has 20 heavy (non-hydrogen) atoms. The number of anilines is 1. The van der Waals surface area contributed by atoms with Crippen LogP contribution >= 0.6 is 23.1 Å². The molecule has 0 aliphatic rings. The highest BCUT2D eigenvalue weighted by Gasteiger charge is 2.07. The summed E-state index contributed by atoms with van der Waals surface area (Å²) in [5.74, 6) is 0.0461. The number of aromatic nitrogens is 1. The molecule has 1 heterocycles. The average molecular weight is 309 g/mol.